The molecule has 2 saturated heterocycles. The van der Waals surface area contributed by atoms with Crippen LogP contribution in [0.25, 0.3) is 0 Å². The number of hydrogen-bond acceptors (Lipinski definition) is 10. The van der Waals surface area contributed by atoms with Crippen molar-refractivity contribution in [1.82, 2.24) is 19.6 Å². The minimum Gasteiger partial charge on any atom is -0.383 e. The molecule has 8 rings (SSSR count). The van der Waals surface area contributed by atoms with E-state index in [2.05, 4.69) is 67.5 Å². The van der Waals surface area contributed by atoms with Gasteiger partial charge < -0.3 is 10.6 Å². The van der Waals surface area contributed by atoms with Gasteiger partial charge in [-0.25, -0.2) is 0 Å². The summed E-state index contributed by atoms with van der Waals surface area (Å²) < 4.78 is 0. The molecule has 10 nitrogen and oxygen atoms in total. The topological polar surface area (TPSA) is 105 Å². The number of unbranched alkanes of at least 4 members (excludes halogenated alkanes) is 1. The average molecular weight is 951 g/mol. The lowest BCUT2D eigenvalue weighted by Crippen LogP contribution is -2.31. The maximum atomic E-state index is 13.3. The predicted octanol–water partition coefficient (Wildman–Crippen LogP) is 6.46. The van der Waals surface area contributed by atoms with Crippen LogP contribution >= 0.6 is 37.2 Å². The van der Waals surface area contributed by atoms with E-state index in [-0.39, 0.29) is 23.1 Å². The minimum absolute atomic E-state index is 0.0905. The fourth-order valence-electron chi connectivity index (χ4n) is 8.10. The molecule has 2 N–H and O–H groups in total. The van der Waals surface area contributed by atoms with Crippen molar-refractivity contribution in [3.05, 3.63) is 129 Å². The van der Waals surface area contributed by atoms with Crippen molar-refractivity contribution in [3.8, 4) is 0 Å². The molecule has 0 radical (unpaired) electrons. The molecule has 54 heavy (non-hydrogen) atoms. The van der Waals surface area contributed by atoms with Gasteiger partial charge in [0.15, 0.2) is 23.1 Å². The summed E-state index contributed by atoms with van der Waals surface area (Å²) in [7, 11) is 0. The van der Waals surface area contributed by atoms with E-state index in [1.807, 2.05) is 24.3 Å². The SMILES string of the molecule is II.O=C1c2ccccc2C(=O)c2c(NCCN3CCN(CCCCN4CCN(CCNc5cccc6c5C(=O)c5ccccc5C6=O)C4)C3)cccc21. The van der Waals surface area contributed by atoms with Crippen LogP contribution in [0, 0.1) is 0 Å². The Morgan fingerprint density at radius 2 is 0.759 bits per heavy atom. The molecule has 0 aromatic heterocycles. The summed E-state index contributed by atoms with van der Waals surface area (Å²) in [5.74, 6) is -0.365. The molecule has 0 amide bonds. The molecule has 280 valence electrons. The lowest BCUT2D eigenvalue weighted by atomic mass is 9.83. The van der Waals surface area contributed by atoms with Gasteiger partial charge in [0, 0.05) is 134 Å². The fourth-order valence-corrected chi connectivity index (χ4v) is 8.10. The average Bonchev–Trinajstić information content (AvgIpc) is 3.87. The standard InChI is InChI=1S/C42H44N6O4.I2/c49-39-29-9-1-3-11-31(29)41(51)37-33(39)13-7-15-35(37)43-17-21-47-25-23-45(27-47)19-5-6-20-46-24-26-48(28-46)22-18-44-36-16-8-14-34-38(36)42(52)32-12-4-2-10-30(32)40(34)50;1-2/h1-4,7-16,43-44H,5-6,17-28H2;. The van der Waals surface area contributed by atoms with Crippen LogP contribution in [0.5, 0.6) is 0 Å². The van der Waals surface area contributed by atoms with Crippen molar-refractivity contribution in [2.45, 2.75) is 12.8 Å². The van der Waals surface area contributed by atoms with E-state index >= 15 is 0 Å². The molecule has 0 spiro atoms. The molecule has 2 aliphatic carbocycles. The Bertz CT molecular complexity index is 1910. The molecular weight excluding hydrogens is 906 g/mol. The normalized spacial score (nSPS) is 17.1. The van der Waals surface area contributed by atoms with Crippen molar-refractivity contribution in [3.63, 3.8) is 0 Å². The van der Waals surface area contributed by atoms with Crippen molar-refractivity contribution < 1.29 is 19.2 Å². The second-order valence-corrected chi connectivity index (χ2v) is 14.2. The van der Waals surface area contributed by atoms with E-state index in [1.54, 1.807) is 60.7 Å². The van der Waals surface area contributed by atoms with Crippen LogP contribution in [0.3, 0.4) is 0 Å². The number of nitrogens with zero attached hydrogens (tertiary/aromatic N) is 4. The molecule has 4 aliphatic rings. The third-order valence-electron chi connectivity index (χ3n) is 10.9. The molecule has 12 heteroatoms. The summed E-state index contributed by atoms with van der Waals surface area (Å²) in [6, 6.07) is 25.1. The van der Waals surface area contributed by atoms with Gasteiger partial charge in [-0.3, -0.25) is 38.8 Å². The first-order valence-corrected chi connectivity index (χ1v) is 24.9. The lowest BCUT2D eigenvalue weighted by molar-refractivity contribution is 0.0979. The molecular formula is C42H44I2N6O4. The molecule has 2 fully saturated rings. The van der Waals surface area contributed by atoms with Crippen LogP contribution in [-0.2, 0) is 0 Å². The van der Waals surface area contributed by atoms with Crippen molar-refractivity contribution in [2.75, 3.05) is 89.4 Å². The Kier molecular flexibility index (Phi) is 12.9. The largest absolute Gasteiger partial charge is 0.383 e. The molecule has 4 aromatic carbocycles. The Hall–Kier alpha value is -3.54. The van der Waals surface area contributed by atoms with Gasteiger partial charge >= 0.3 is 0 Å². The monoisotopic (exact) mass is 950 g/mol. The maximum absolute atomic E-state index is 13.3. The van der Waals surface area contributed by atoms with Gasteiger partial charge in [0.05, 0.1) is 24.5 Å². The summed E-state index contributed by atoms with van der Waals surface area (Å²) >= 11 is 4.24. The molecule has 4 aromatic rings. The Morgan fingerprint density at radius 3 is 1.15 bits per heavy atom. The summed E-state index contributed by atoms with van der Waals surface area (Å²) in [6.07, 6.45) is 2.32. The van der Waals surface area contributed by atoms with Gasteiger partial charge in [-0.15, -0.1) is 0 Å². The number of halogens is 2. The van der Waals surface area contributed by atoms with Crippen LogP contribution in [0.4, 0.5) is 11.4 Å². The van der Waals surface area contributed by atoms with Crippen LogP contribution in [0.1, 0.15) is 76.5 Å². The zero-order chi connectivity index (χ0) is 37.6. The zero-order valence-electron chi connectivity index (χ0n) is 30.2. The first-order chi connectivity index (χ1) is 26.5. The third kappa shape index (κ3) is 8.19. The quantitative estimate of drug-likeness (QED) is 0.0991. The van der Waals surface area contributed by atoms with E-state index in [4.69, 9.17) is 0 Å². The number of ketones is 4. The first kappa shape index (κ1) is 38.7. The number of anilines is 2. The number of nitrogens with one attached hydrogen (secondary N) is 2. The van der Waals surface area contributed by atoms with Crippen LogP contribution in [-0.4, -0.2) is 122 Å². The number of carbonyl (C=O) groups is 4. The van der Waals surface area contributed by atoms with E-state index < -0.39 is 0 Å². The highest BCUT2D eigenvalue weighted by Crippen LogP contribution is 2.33. The molecule has 0 unspecified atom stereocenters. The van der Waals surface area contributed by atoms with Gasteiger partial charge in [-0.1, -0.05) is 72.8 Å². The first-order valence-electron chi connectivity index (χ1n) is 18.6. The van der Waals surface area contributed by atoms with Crippen molar-refractivity contribution in [1.29, 1.82) is 0 Å². The Labute approximate surface area is 339 Å². The highest BCUT2D eigenvalue weighted by atomic mass is 128. The summed E-state index contributed by atoms with van der Waals surface area (Å²) in [5.41, 5.74) is 5.31. The second kappa shape index (κ2) is 17.9. The smallest absolute Gasteiger partial charge is 0.196 e. The molecule has 2 aliphatic heterocycles. The van der Waals surface area contributed by atoms with Crippen LogP contribution < -0.4 is 10.6 Å². The summed E-state index contributed by atoms with van der Waals surface area (Å²) in [4.78, 5) is 62.7. The van der Waals surface area contributed by atoms with E-state index in [9.17, 15) is 19.2 Å². The maximum Gasteiger partial charge on any atom is 0.196 e. The van der Waals surface area contributed by atoms with Gasteiger partial charge in [0.1, 0.15) is 0 Å². The highest BCUT2D eigenvalue weighted by Gasteiger charge is 2.33. The molecule has 2 heterocycles. The highest BCUT2D eigenvalue weighted by molar-refractivity contribution is 15.0. The van der Waals surface area contributed by atoms with E-state index in [0.717, 1.165) is 89.9 Å². The third-order valence-corrected chi connectivity index (χ3v) is 10.9. The van der Waals surface area contributed by atoms with Gasteiger partial charge in [0.2, 0.25) is 0 Å². The number of rotatable bonds is 13. The summed E-state index contributed by atoms with van der Waals surface area (Å²) in [6.45, 7) is 11.4. The van der Waals surface area contributed by atoms with E-state index in [0.29, 0.717) is 57.6 Å². The number of benzene rings is 4. The van der Waals surface area contributed by atoms with E-state index in [1.165, 1.54) is 0 Å². The number of fused-ring (bicyclic) bond motifs is 4. The van der Waals surface area contributed by atoms with Crippen LogP contribution in [0.15, 0.2) is 84.9 Å². The second-order valence-electron chi connectivity index (χ2n) is 14.2. The Balaban J connectivity index is 0.00000221. The molecule has 0 bridgehead atoms. The summed E-state index contributed by atoms with van der Waals surface area (Å²) in [5, 5.41) is 6.90. The fraction of sp³-hybridized carbons (Fsp3) is 0.333. The minimum atomic E-state index is -0.0919. The number of carbonyl (C=O) groups excluding carboxylic acids is 4. The van der Waals surface area contributed by atoms with Gasteiger partial charge in [-0.2, -0.15) is 0 Å². The van der Waals surface area contributed by atoms with Gasteiger partial charge in [0.25, 0.3) is 0 Å². The molecule has 0 saturated carbocycles. The van der Waals surface area contributed by atoms with Crippen LogP contribution in [0.2, 0.25) is 0 Å². The van der Waals surface area contributed by atoms with Crippen molar-refractivity contribution >= 4 is 71.7 Å². The lowest BCUT2D eigenvalue weighted by Gasteiger charge is -2.22. The zero-order valence-corrected chi connectivity index (χ0v) is 34.5. The predicted molar refractivity (Wildman–Crippen MR) is 230 cm³/mol. The number of hydrogen-bond donors (Lipinski definition) is 2. The van der Waals surface area contributed by atoms with Crippen molar-refractivity contribution in [2.24, 2.45) is 0 Å². The van der Waals surface area contributed by atoms with Gasteiger partial charge in [-0.05, 0) is 38.1 Å². The Morgan fingerprint density at radius 1 is 0.426 bits per heavy atom. The molecule has 0 atom stereocenters.